The molecule has 2 N–H and O–H groups in total. The van der Waals surface area contributed by atoms with Crippen LogP contribution in [0.3, 0.4) is 0 Å². The van der Waals surface area contributed by atoms with Crippen molar-refractivity contribution in [2.75, 3.05) is 20.1 Å². The van der Waals surface area contributed by atoms with Gasteiger partial charge < -0.3 is 15.5 Å². The highest BCUT2D eigenvalue weighted by atomic mass is 16.2. The van der Waals surface area contributed by atoms with E-state index in [4.69, 9.17) is 5.73 Å². The molecule has 1 aliphatic heterocycles. The van der Waals surface area contributed by atoms with E-state index in [-0.39, 0.29) is 23.7 Å². The number of rotatable bonds is 6. The molecule has 0 bridgehead atoms. The van der Waals surface area contributed by atoms with Gasteiger partial charge in [-0.05, 0) is 31.6 Å². The molecule has 0 spiro atoms. The third-order valence-corrected chi connectivity index (χ3v) is 4.00. The molecule has 0 aromatic rings. The summed E-state index contributed by atoms with van der Waals surface area (Å²) in [5, 5.41) is 0. The molecule has 6 heteroatoms. The number of amides is 3. The Morgan fingerprint density at radius 3 is 2.59 bits per heavy atom. The zero-order chi connectivity index (χ0) is 16.9. The van der Waals surface area contributed by atoms with Crippen LogP contribution < -0.4 is 5.73 Å². The van der Waals surface area contributed by atoms with Gasteiger partial charge in [-0.2, -0.15) is 0 Å². The fraction of sp³-hybridized carbons (Fsp3) is 0.688. The smallest absolute Gasteiger partial charge is 0.298 e. The maximum Gasteiger partial charge on any atom is 0.298 e. The maximum atomic E-state index is 12.5. The lowest BCUT2D eigenvalue weighted by Crippen LogP contribution is -2.49. The average molecular weight is 307 g/mol. The van der Waals surface area contributed by atoms with Crippen molar-refractivity contribution in [1.82, 2.24) is 9.80 Å². The van der Waals surface area contributed by atoms with Crippen LogP contribution in [0.2, 0.25) is 0 Å². The number of likely N-dealkylation sites (tertiary alicyclic amines) is 1. The Balaban J connectivity index is 2.62. The molecule has 0 aromatic heterocycles. The number of primary amides is 1. The highest BCUT2D eigenvalue weighted by molar-refractivity contribution is 5.93. The number of hydrogen-bond donors (Lipinski definition) is 1. The molecule has 1 saturated heterocycles. The number of nitrogens with zero attached hydrogens (tertiary/aromatic N) is 2. The molecule has 6 nitrogen and oxygen atoms in total. The van der Waals surface area contributed by atoms with Crippen LogP contribution in [0.1, 0.15) is 33.6 Å². The SMILES string of the molecule is CC#CC(=O)N(C)CCC1CCN(C(C(N)=O)C(C)C)C1=O. The molecular formula is C16H25N3O3. The molecule has 1 fully saturated rings. The van der Waals surface area contributed by atoms with Crippen LogP contribution in [0, 0.1) is 23.7 Å². The Labute approximate surface area is 132 Å². The van der Waals surface area contributed by atoms with Gasteiger partial charge in [-0.3, -0.25) is 14.4 Å². The predicted molar refractivity (Wildman–Crippen MR) is 83.3 cm³/mol. The van der Waals surface area contributed by atoms with Gasteiger partial charge in [0.05, 0.1) is 0 Å². The Bertz CT molecular complexity index is 505. The highest BCUT2D eigenvalue weighted by Crippen LogP contribution is 2.26. The molecule has 0 aromatic carbocycles. The van der Waals surface area contributed by atoms with Crippen molar-refractivity contribution in [1.29, 1.82) is 0 Å². The zero-order valence-electron chi connectivity index (χ0n) is 13.8. The molecule has 22 heavy (non-hydrogen) atoms. The van der Waals surface area contributed by atoms with E-state index < -0.39 is 11.9 Å². The van der Waals surface area contributed by atoms with Gasteiger partial charge in [-0.15, -0.1) is 0 Å². The topological polar surface area (TPSA) is 83.7 Å². The summed E-state index contributed by atoms with van der Waals surface area (Å²) in [6.45, 7) is 6.39. The first-order valence-corrected chi connectivity index (χ1v) is 7.57. The lowest BCUT2D eigenvalue weighted by Gasteiger charge is -2.28. The van der Waals surface area contributed by atoms with Crippen molar-refractivity contribution in [2.24, 2.45) is 17.6 Å². The van der Waals surface area contributed by atoms with Crippen molar-refractivity contribution < 1.29 is 14.4 Å². The maximum absolute atomic E-state index is 12.5. The largest absolute Gasteiger partial charge is 0.368 e. The lowest BCUT2D eigenvalue weighted by molar-refractivity contribution is -0.140. The molecule has 1 heterocycles. The van der Waals surface area contributed by atoms with Gasteiger partial charge >= 0.3 is 0 Å². The molecule has 122 valence electrons. The standard InChI is InChI=1S/C16H25N3O3/c1-5-6-13(20)18(4)9-7-12-8-10-19(16(12)22)14(11(2)3)15(17)21/h11-12,14H,7-10H2,1-4H3,(H2,17,21). The first-order chi connectivity index (χ1) is 10.3. The molecule has 0 saturated carbocycles. The second-order valence-electron chi connectivity index (χ2n) is 6.00. The molecule has 1 aliphatic rings. The van der Waals surface area contributed by atoms with Crippen molar-refractivity contribution >= 4 is 17.7 Å². The number of carbonyl (C=O) groups excluding carboxylic acids is 3. The monoisotopic (exact) mass is 307 g/mol. The molecule has 2 atom stereocenters. The third kappa shape index (κ3) is 4.23. The predicted octanol–water partition coefficient (Wildman–Crippen LogP) is 0.217. The summed E-state index contributed by atoms with van der Waals surface area (Å²) in [5.74, 6) is 4.11. The van der Waals surface area contributed by atoms with Crippen LogP contribution >= 0.6 is 0 Å². The Morgan fingerprint density at radius 1 is 1.45 bits per heavy atom. The minimum atomic E-state index is -0.553. The summed E-state index contributed by atoms with van der Waals surface area (Å²) < 4.78 is 0. The number of nitrogens with two attached hydrogens (primary N) is 1. The van der Waals surface area contributed by atoms with E-state index in [1.165, 1.54) is 4.90 Å². The van der Waals surface area contributed by atoms with Crippen molar-refractivity contribution in [2.45, 2.75) is 39.7 Å². The van der Waals surface area contributed by atoms with Crippen molar-refractivity contribution in [3.05, 3.63) is 0 Å². The normalized spacial score (nSPS) is 18.9. The van der Waals surface area contributed by atoms with Gasteiger partial charge in [0.15, 0.2) is 0 Å². The van der Waals surface area contributed by atoms with E-state index in [0.717, 1.165) is 0 Å². The molecular weight excluding hydrogens is 282 g/mol. The average Bonchev–Trinajstić information content (AvgIpc) is 2.77. The van der Waals surface area contributed by atoms with Gasteiger partial charge in [0.1, 0.15) is 6.04 Å². The van der Waals surface area contributed by atoms with E-state index in [1.807, 2.05) is 13.8 Å². The summed E-state index contributed by atoms with van der Waals surface area (Å²) in [7, 11) is 1.67. The Morgan fingerprint density at radius 2 is 2.09 bits per heavy atom. The van der Waals surface area contributed by atoms with Crippen LogP contribution in [-0.2, 0) is 14.4 Å². The molecule has 0 radical (unpaired) electrons. The first-order valence-electron chi connectivity index (χ1n) is 7.57. The summed E-state index contributed by atoms with van der Waals surface area (Å²) in [6, 6.07) is -0.553. The van der Waals surface area contributed by atoms with Crippen LogP contribution in [0.15, 0.2) is 0 Å². The molecule has 2 unspecified atom stereocenters. The van der Waals surface area contributed by atoms with Crippen LogP contribution in [0.4, 0.5) is 0 Å². The number of carbonyl (C=O) groups is 3. The lowest BCUT2D eigenvalue weighted by atomic mass is 10.0. The first kappa shape index (κ1) is 18.0. The van der Waals surface area contributed by atoms with Gasteiger partial charge in [0.2, 0.25) is 11.8 Å². The Hall–Kier alpha value is -2.03. The van der Waals surface area contributed by atoms with Crippen LogP contribution in [0.5, 0.6) is 0 Å². The highest BCUT2D eigenvalue weighted by Gasteiger charge is 2.39. The molecule has 1 rings (SSSR count). The van der Waals surface area contributed by atoms with Crippen molar-refractivity contribution in [3.8, 4) is 11.8 Å². The third-order valence-electron chi connectivity index (χ3n) is 4.00. The molecule has 3 amide bonds. The zero-order valence-corrected chi connectivity index (χ0v) is 13.8. The second kappa shape index (κ2) is 7.83. The van der Waals surface area contributed by atoms with Gasteiger partial charge in [0.25, 0.3) is 5.91 Å². The summed E-state index contributed by atoms with van der Waals surface area (Å²) in [6.07, 6.45) is 1.27. The Kier molecular flexibility index (Phi) is 6.41. The summed E-state index contributed by atoms with van der Waals surface area (Å²) >= 11 is 0. The van der Waals surface area contributed by atoms with Crippen molar-refractivity contribution in [3.63, 3.8) is 0 Å². The van der Waals surface area contributed by atoms with E-state index in [0.29, 0.717) is 25.9 Å². The van der Waals surface area contributed by atoms with Gasteiger partial charge in [-0.1, -0.05) is 19.8 Å². The fourth-order valence-electron chi connectivity index (χ4n) is 2.80. The van der Waals surface area contributed by atoms with E-state index in [1.54, 1.807) is 18.9 Å². The second-order valence-corrected chi connectivity index (χ2v) is 6.00. The van der Waals surface area contributed by atoms with Crippen LogP contribution in [0.25, 0.3) is 0 Å². The minimum absolute atomic E-state index is 0.00993. The van der Waals surface area contributed by atoms with E-state index in [9.17, 15) is 14.4 Å². The fourth-order valence-corrected chi connectivity index (χ4v) is 2.80. The number of hydrogen-bond acceptors (Lipinski definition) is 3. The quantitative estimate of drug-likeness (QED) is 0.712. The van der Waals surface area contributed by atoms with E-state index >= 15 is 0 Å². The van der Waals surface area contributed by atoms with E-state index in [2.05, 4.69) is 11.8 Å². The van der Waals surface area contributed by atoms with Gasteiger partial charge in [-0.25, -0.2) is 0 Å². The van der Waals surface area contributed by atoms with Crippen LogP contribution in [-0.4, -0.2) is 53.7 Å². The molecule has 0 aliphatic carbocycles. The van der Waals surface area contributed by atoms with Gasteiger partial charge in [0, 0.05) is 26.1 Å². The summed E-state index contributed by atoms with van der Waals surface area (Å²) in [4.78, 5) is 38.7. The summed E-state index contributed by atoms with van der Waals surface area (Å²) in [5.41, 5.74) is 5.42. The minimum Gasteiger partial charge on any atom is -0.368 e.